The standard InChI is InChI=1S/C12H14N4O2/c1-15(9-5-4-6-13-7-9)11(17)10-8-14-12(18-3)16(10)2/h4-8H,1-3H3. The molecule has 0 saturated heterocycles. The van der Waals surface area contributed by atoms with E-state index in [9.17, 15) is 4.79 Å². The van der Waals surface area contributed by atoms with Gasteiger partial charge in [0.1, 0.15) is 5.69 Å². The van der Waals surface area contributed by atoms with Crippen LogP contribution in [0.3, 0.4) is 0 Å². The summed E-state index contributed by atoms with van der Waals surface area (Å²) >= 11 is 0. The van der Waals surface area contributed by atoms with Crippen molar-refractivity contribution in [2.45, 2.75) is 0 Å². The van der Waals surface area contributed by atoms with Gasteiger partial charge in [-0.2, -0.15) is 0 Å². The number of nitrogens with zero attached hydrogens (tertiary/aromatic N) is 4. The molecule has 2 aromatic rings. The first-order valence-electron chi connectivity index (χ1n) is 5.39. The zero-order valence-corrected chi connectivity index (χ0v) is 10.5. The van der Waals surface area contributed by atoms with Gasteiger partial charge in [0.2, 0.25) is 0 Å². The molecular weight excluding hydrogens is 232 g/mol. The number of hydrogen-bond acceptors (Lipinski definition) is 4. The van der Waals surface area contributed by atoms with Gasteiger partial charge < -0.3 is 9.64 Å². The number of amides is 1. The maximum atomic E-state index is 12.3. The van der Waals surface area contributed by atoms with Crippen LogP contribution < -0.4 is 9.64 Å². The molecule has 0 aliphatic rings. The third-order valence-corrected chi connectivity index (χ3v) is 2.69. The fourth-order valence-corrected chi connectivity index (χ4v) is 1.62. The number of ether oxygens (including phenoxy) is 1. The third-order valence-electron chi connectivity index (χ3n) is 2.69. The van der Waals surface area contributed by atoms with Crippen molar-refractivity contribution in [2.24, 2.45) is 7.05 Å². The molecule has 0 saturated carbocycles. The van der Waals surface area contributed by atoms with E-state index in [1.54, 1.807) is 37.1 Å². The molecule has 0 aliphatic heterocycles. The summed E-state index contributed by atoms with van der Waals surface area (Å²) < 4.78 is 6.64. The molecule has 0 bridgehead atoms. The van der Waals surface area contributed by atoms with Gasteiger partial charge in [0.25, 0.3) is 11.9 Å². The zero-order valence-electron chi connectivity index (χ0n) is 10.5. The smallest absolute Gasteiger partial charge is 0.296 e. The number of imidazole rings is 1. The van der Waals surface area contributed by atoms with Crippen molar-refractivity contribution in [1.29, 1.82) is 0 Å². The van der Waals surface area contributed by atoms with Gasteiger partial charge >= 0.3 is 0 Å². The van der Waals surface area contributed by atoms with Crippen LogP contribution in [0, 0.1) is 0 Å². The third kappa shape index (κ3) is 2.04. The Morgan fingerprint density at radius 1 is 1.44 bits per heavy atom. The molecule has 0 N–H and O–H groups in total. The Balaban J connectivity index is 2.29. The van der Waals surface area contributed by atoms with Crippen molar-refractivity contribution in [3.8, 4) is 6.01 Å². The Morgan fingerprint density at radius 3 is 2.78 bits per heavy atom. The van der Waals surface area contributed by atoms with Crippen LogP contribution in [0.2, 0.25) is 0 Å². The molecule has 2 aromatic heterocycles. The van der Waals surface area contributed by atoms with Gasteiger partial charge in [-0.05, 0) is 12.1 Å². The lowest BCUT2D eigenvalue weighted by Gasteiger charge is -2.16. The molecule has 6 nitrogen and oxygen atoms in total. The van der Waals surface area contributed by atoms with E-state index in [4.69, 9.17) is 4.74 Å². The quantitative estimate of drug-likeness (QED) is 0.813. The summed E-state index contributed by atoms with van der Waals surface area (Å²) in [5.41, 5.74) is 1.18. The van der Waals surface area contributed by atoms with Gasteiger partial charge in [-0.25, -0.2) is 4.98 Å². The molecule has 94 valence electrons. The molecule has 0 atom stereocenters. The van der Waals surface area contributed by atoms with Crippen LogP contribution in [0.15, 0.2) is 30.7 Å². The highest BCUT2D eigenvalue weighted by atomic mass is 16.5. The predicted molar refractivity (Wildman–Crippen MR) is 66.7 cm³/mol. The summed E-state index contributed by atoms with van der Waals surface area (Å²) in [6.45, 7) is 0. The predicted octanol–water partition coefficient (Wildman–Crippen LogP) is 1.10. The second-order valence-corrected chi connectivity index (χ2v) is 3.76. The van der Waals surface area contributed by atoms with Gasteiger partial charge in [0.15, 0.2) is 0 Å². The van der Waals surface area contributed by atoms with Crippen molar-refractivity contribution in [2.75, 3.05) is 19.1 Å². The van der Waals surface area contributed by atoms with E-state index in [0.717, 1.165) is 5.69 Å². The molecule has 6 heteroatoms. The number of carbonyl (C=O) groups excluding carboxylic acids is 1. The minimum absolute atomic E-state index is 0.165. The maximum Gasteiger partial charge on any atom is 0.296 e. The zero-order chi connectivity index (χ0) is 13.1. The number of hydrogen-bond donors (Lipinski definition) is 0. The highest BCUT2D eigenvalue weighted by Gasteiger charge is 2.19. The first-order chi connectivity index (χ1) is 8.65. The van der Waals surface area contributed by atoms with Crippen LogP contribution in [-0.2, 0) is 7.05 Å². The average molecular weight is 246 g/mol. The SMILES string of the molecule is COc1ncc(C(=O)N(C)c2cccnc2)n1C. The molecule has 18 heavy (non-hydrogen) atoms. The van der Waals surface area contributed by atoms with Crippen LogP contribution in [0.25, 0.3) is 0 Å². The number of pyridine rings is 1. The molecule has 2 heterocycles. The van der Waals surface area contributed by atoms with Crippen LogP contribution in [0.1, 0.15) is 10.5 Å². The molecule has 1 amide bonds. The molecular formula is C12H14N4O2. The first kappa shape index (κ1) is 12.1. The van der Waals surface area contributed by atoms with Crippen LogP contribution in [0.4, 0.5) is 5.69 Å². The van der Waals surface area contributed by atoms with E-state index in [2.05, 4.69) is 9.97 Å². The minimum Gasteiger partial charge on any atom is -0.468 e. The van der Waals surface area contributed by atoms with E-state index in [1.165, 1.54) is 18.2 Å². The van der Waals surface area contributed by atoms with Gasteiger partial charge in [-0.3, -0.25) is 14.3 Å². The van der Waals surface area contributed by atoms with Gasteiger partial charge in [-0.1, -0.05) is 0 Å². The first-order valence-corrected chi connectivity index (χ1v) is 5.39. The van der Waals surface area contributed by atoms with E-state index >= 15 is 0 Å². The Hall–Kier alpha value is -2.37. The highest BCUT2D eigenvalue weighted by Crippen LogP contribution is 2.16. The average Bonchev–Trinajstić information content (AvgIpc) is 2.79. The lowest BCUT2D eigenvalue weighted by atomic mass is 10.3. The number of aromatic nitrogens is 3. The van der Waals surface area contributed by atoms with Gasteiger partial charge in [0.05, 0.1) is 25.2 Å². The van der Waals surface area contributed by atoms with E-state index in [-0.39, 0.29) is 5.91 Å². The summed E-state index contributed by atoms with van der Waals surface area (Å²) in [7, 11) is 4.94. The normalized spacial score (nSPS) is 10.2. The van der Waals surface area contributed by atoms with Crippen LogP contribution >= 0.6 is 0 Å². The van der Waals surface area contributed by atoms with Gasteiger partial charge in [0, 0.05) is 20.3 Å². The van der Waals surface area contributed by atoms with Crippen LogP contribution in [0.5, 0.6) is 6.01 Å². The fourth-order valence-electron chi connectivity index (χ4n) is 1.62. The second-order valence-electron chi connectivity index (χ2n) is 3.76. The summed E-state index contributed by atoms with van der Waals surface area (Å²) in [6.07, 6.45) is 4.79. The number of methoxy groups -OCH3 is 1. The Kier molecular flexibility index (Phi) is 3.27. The summed E-state index contributed by atoms with van der Waals surface area (Å²) in [4.78, 5) is 21.8. The minimum atomic E-state index is -0.165. The van der Waals surface area contributed by atoms with Crippen molar-refractivity contribution < 1.29 is 9.53 Å². The van der Waals surface area contributed by atoms with E-state index in [0.29, 0.717) is 11.7 Å². The molecule has 0 radical (unpaired) electrons. The van der Waals surface area contributed by atoms with E-state index in [1.807, 2.05) is 6.07 Å². The molecule has 0 unspecified atom stereocenters. The monoisotopic (exact) mass is 246 g/mol. The lowest BCUT2D eigenvalue weighted by Crippen LogP contribution is -2.28. The van der Waals surface area contributed by atoms with Crippen molar-refractivity contribution in [1.82, 2.24) is 14.5 Å². The summed E-state index contributed by atoms with van der Waals surface area (Å²) in [5.74, 6) is -0.165. The molecule has 2 rings (SSSR count). The van der Waals surface area contributed by atoms with Crippen LogP contribution in [-0.4, -0.2) is 34.6 Å². The topological polar surface area (TPSA) is 60.2 Å². The van der Waals surface area contributed by atoms with Gasteiger partial charge in [-0.15, -0.1) is 0 Å². The van der Waals surface area contributed by atoms with Crippen molar-refractivity contribution in [3.63, 3.8) is 0 Å². The van der Waals surface area contributed by atoms with E-state index < -0.39 is 0 Å². The Labute approximate surface area is 105 Å². The molecule has 0 aromatic carbocycles. The Morgan fingerprint density at radius 2 is 2.22 bits per heavy atom. The number of carbonyl (C=O) groups is 1. The molecule has 0 aliphatic carbocycles. The highest BCUT2D eigenvalue weighted by molar-refractivity contribution is 6.04. The Bertz CT molecular complexity index is 550. The number of rotatable bonds is 3. The summed E-state index contributed by atoms with van der Waals surface area (Å²) in [5, 5.41) is 0. The molecule has 0 fully saturated rings. The maximum absolute atomic E-state index is 12.3. The fraction of sp³-hybridized carbons (Fsp3) is 0.250. The van der Waals surface area contributed by atoms with Crippen molar-refractivity contribution in [3.05, 3.63) is 36.4 Å². The van der Waals surface area contributed by atoms with Crippen molar-refractivity contribution >= 4 is 11.6 Å². The summed E-state index contributed by atoms with van der Waals surface area (Å²) in [6, 6.07) is 4.00. The number of anilines is 1. The molecule has 0 spiro atoms. The largest absolute Gasteiger partial charge is 0.468 e. The second kappa shape index (κ2) is 4.87. The lowest BCUT2D eigenvalue weighted by molar-refractivity contribution is 0.0984.